The maximum absolute atomic E-state index is 11.1. The highest BCUT2D eigenvalue weighted by Crippen LogP contribution is 2.22. The first-order chi connectivity index (χ1) is 5.69. The number of rotatable bonds is 2. The Kier molecular flexibility index (Phi) is 2.58. The van der Waals surface area contributed by atoms with Crippen LogP contribution in [0.4, 0.5) is 0 Å². The van der Waals surface area contributed by atoms with Gasteiger partial charge in [-0.05, 0) is 6.42 Å². The molecule has 0 aromatic carbocycles. The van der Waals surface area contributed by atoms with E-state index >= 15 is 0 Å². The summed E-state index contributed by atoms with van der Waals surface area (Å²) in [5, 5.41) is 2.74. The third kappa shape index (κ3) is 1.52. The Morgan fingerprint density at radius 2 is 2.50 bits per heavy atom. The second kappa shape index (κ2) is 3.47. The zero-order valence-electron chi connectivity index (χ0n) is 7.39. The van der Waals surface area contributed by atoms with Crippen molar-refractivity contribution in [3.8, 4) is 0 Å². The molecule has 1 heterocycles. The number of cyclic esters (lactones) is 1. The van der Waals surface area contributed by atoms with E-state index in [1.807, 2.05) is 6.92 Å². The van der Waals surface area contributed by atoms with Crippen molar-refractivity contribution in [2.75, 3.05) is 7.05 Å². The van der Waals surface area contributed by atoms with E-state index in [0.29, 0.717) is 17.8 Å². The van der Waals surface area contributed by atoms with Crippen LogP contribution >= 0.6 is 0 Å². The van der Waals surface area contributed by atoms with Gasteiger partial charge >= 0.3 is 5.97 Å². The Balaban J connectivity index is 2.76. The third-order valence-corrected chi connectivity index (χ3v) is 2.00. The van der Waals surface area contributed by atoms with Crippen molar-refractivity contribution >= 4 is 5.97 Å². The van der Waals surface area contributed by atoms with Crippen molar-refractivity contribution in [3.63, 3.8) is 0 Å². The van der Waals surface area contributed by atoms with Gasteiger partial charge in [0.1, 0.15) is 11.9 Å². The second-order valence-electron chi connectivity index (χ2n) is 2.78. The first-order valence-electron chi connectivity index (χ1n) is 4.06. The Hall–Kier alpha value is -1.19. The molecule has 1 aliphatic rings. The minimum Gasteiger partial charge on any atom is -0.459 e. The molecular weight excluding hydrogens is 156 g/mol. The third-order valence-electron chi connectivity index (χ3n) is 2.00. The summed E-state index contributed by atoms with van der Waals surface area (Å²) in [5.41, 5.74) is 6.13. The number of esters is 1. The van der Waals surface area contributed by atoms with Crippen LogP contribution < -0.4 is 11.1 Å². The minimum atomic E-state index is -0.284. The fourth-order valence-electron chi connectivity index (χ4n) is 1.17. The molecule has 0 radical (unpaired) electrons. The van der Waals surface area contributed by atoms with Crippen molar-refractivity contribution in [1.29, 1.82) is 0 Å². The van der Waals surface area contributed by atoms with Crippen LogP contribution in [-0.4, -0.2) is 19.1 Å². The maximum atomic E-state index is 11.1. The van der Waals surface area contributed by atoms with E-state index in [0.717, 1.165) is 6.42 Å². The molecule has 1 saturated heterocycles. The molecule has 1 atom stereocenters. The Morgan fingerprint density at radius 1 is 1.83 bits per heavy atom. The number of carbonyl (C=O) groups is 1. The zero-order chi connectivity index (χ0) is 9.14. The molecule has 1 rings (SSSR count). The van der Waals surface area contributed by atoms with E-state index in [-0.39, 0.29) is 12.1 Å². The highest BCUT2D eigenvalue weighted by Gasteiger charge is 2.29. The highest BCUT2D eigenvalue weighted by molar-refractivity contribution is 5.91. The van der Waals surface area contributed by atoms with Gasteiger partial charge in [-0.15, -0.1) is 0 Å². The molecule has 0 aromatic heterocycles. The quantitative estimate of drug-likeness (QED) is 0.456. The van der Waals surface area contributed by atoms with Gasteiger partial charge in [0.2, 0.25) is 0 Å². The summed E-state index contributed by atoms with van der Waals surface area (Å²) >= 11 is 0. The Labute approximate surface area is 71.8 Å². The SMILES string of the molecule is CCC1C/C(=C(\N)NC)C(=O)O1. The molecule has 4 nitrogen and oxygen atoms in total. The van der Waals surface area contributed by atoms with Gasteiger partial charge in [0.05, 0.1) is 5.57 Å². The lowest BCUT2D eigenvalue weighted by molar-refractivity contribution is -0.138. The molecule has 0 aromatic rings. The predicted molar refractivity (Wildman–Crippen MR) is 45.1 cm³/mol. The van der Waals surface area contributed by atoms with Gasteiger partial charge < -0.3 is 15.8 Å². The predicted octanol–water partition coefficient (Wildman–Crippen LogP) is 0.102. The van der Waals surface area contributed by atoms with E-state index in [4.69, 9.17) is 10.5 Å². The summed E-state index contributed by atoms with van der Waals surface area (Å²) in [6.07, 6.45) is 1.48. The van der Waals surface area contributed by atoms with E-state index in [1.165, 1.54) is 0 Å². The van der Waals surface area contributed by atoms with Gasteiger partial charge in [-0.3, -0.25) is 0 Å². The van der Waals surface area contributed by atoms with Crippen LogP contribution in [0.15, 0.2) is 11.4 Å². The van der Waals surface area contributed by atoms with Crippen LogP contribution in [0, 0.1) is 0 Å². The van der Waals surface area contributed by atoms with E-state index < -0.39 is 0 Å². The Bertz CT molecular complexity index is 223. The second-order valence-corrected chi connectivity index (χ2v) is 2.78. The molecule has 0 spiro atoms. The number of hydrogen-bond acceptors (Lipinski definition) is 4. The molecular formula is C8H14N2O2. The molecule has 0 bridgehead atoms. The molecule has 12 heavy (non-hydrogen) atoms. The van der Waals surface area contributed by atoms with Crippen LogP contribution in [0.2, 0.25) is 0 Å². The van der Waals surface area contributed by atoms with Crippen molar-refractivity contribution < 1.29 is 9.53 Å². The molecule has 68 valence electrons. The molecule has 0 saturated carbocycles. The summed E-state index contributed by atoms with van der Waals surface area (Å²) in [7, 11) is 1.69. The monoisotopic (exact) mass is 170 g/mol. The van der Waals surface area contributed by atoms with Crippen LogP contribution in [-0.2, 0) is 9.53 Å². The zero-order valence-corrected chi connectivity index (χ0v) is 7.39. The van der Waals surface area contributed by atoms with Gasteiger partial charge in [0.25, 0.3) is 0 Å². The van der Waals surface area contributed by atoms with Crippen molar-refractivity contribution in [2.24, 2.45) is 5.73 Å². The van der Waals surface area contributed by atoms with Crippen LogP contribution in [0.3, 0.4) is 0 Å². The summed E-state index contributed by atoms with van der Waals surface area (Å²) < 4.78 is 5.03. The molecule has 0 aliphatic carbocycles. The van der Waals surface area contributed by atoms with Crippen molar-refractivity contribution in [3.05, 3.63) is 11.4 Å². The van der Waals surface area contributed by atoms with Crippen molar-refractivity contribution in [2.45, 2.75) is 25.9 Å². The lowest BCUT2D eigenvalue weighted by Crippen LogP contribution is -2.19. The molecule has 1 fully saturated rings. The number of ether oxygens (including phenoxy) is 1. The van der Waals surface area contributed by atoms with Gasteiger partial charge in [0.15, 0.2) is 0 Å². The summed E-state index contributed by atoms with van der Waals surface area (Å²) in [5.74, 6) is 0.143. The minimum absolute atomic E-state index is 0.0133. The van der Waals surface area contributed by atoms with Gasteiger partial charge in [-0.25, -0.2) is 4.79 Å². The summed E-state index contributed by atoms with van der Waals surface area (Å²) in [6, 6.07) is 0. The molecule has 1 unspecified atom stereocenters. The number of nitrogens with two attached hydrogens (primary N) is 1. The largest absolute Gasteiger partial charge is 0.459 e. The lowest BCUT2D eigenvalue weighted by Gasteiger charge is -2.01. The number of carbonyl (C=O) groups excluding carboxylic acids is 1. The first kappa shape index (κ1) is 8.90. The molecule has 4 heteroatoms. The van der Waals surface area contributed by atoms with E-state index in [1.54, 1.807) is 7.05 Å². The average molecular weight is 170 g/mol. The van der Waals surface area contributed by atoms with Gasteiger partial charge in [0, 0.05) is 13.5 Å². The average Bonchev–Trinajstić information content (AvgIpc) is 2.45. The smallest absolute Gasteiger partial charge is 0.338 e. The number of nitrogens with one attached hydrogen (secondary N) is 1. The Morgan fingerprint density at radius 3 is 2.92 bits per heavy atom. The van der Waals surface area contributed by atoms with E-state index in [2.05, 4.69) is 5.32 Å². The van der Waals surface area contributed by atoms with Crippen molar-refractivity contribution in [1.82, 2.24) is 5.32 Å². The molecule has 1 aliphatic heterocycles. The van der Waals surface area contributed by atoms with Crippen LogP contribution in [0.5, 0.6) is 0 Å². The normalized spacial score (nSPS) is 26.8. The lowest BCUT2D eigenvalue weighted by atomic mass is 10.1. The molecule has 3 N–H and O–H groups in total. The summed E-state index contributed by atoms with van der Waals surface area (Å²) in [6.45, 7) is 1.98. The maximum Gasteiger partial charge on any atom is 0.338 e. The standard InChI is InChI=1S/C8H14N2O2/c1-3-5-4-6(7(9)10-2)8(11)12-5/h5,10H,3-4,9H2,1-2H3/b7-6-. The topological polar surface area (TPSA) is 64.3 Å². The fourth-order valence-corrected chi connectivity index (χ4v) is 1.17. The van der Waals surface area contributed by atoms with E-state index in [9.17, 15) is 4.79 Å². The first-order valence-corrected chi connectivity index (χ1v) is 4.06. The van der Waals surface area contributed by atoms with Gasteiger partial charge in [-0.2, -0.15) is 0 Å². The van der Waals surface area contributed by atoms with Crippen LogP contribution in [0.25, 0.3) is 0 Å². The molecule has 0 amide bonds. The highest BCUT2D eigenvalue weighted by atomic mass is 16.5. The fraction of sp³-hybridized carbons (Fsp3) is 0.625. The van der Waals surface area contributed by atoms with Crippen LogP contribution in [0.1, 0.15) is 19.8 Å². The summed E-state index contributed by atoms with van der Waals surface area (Å²) in [4.78, 5) is 11.1. The number of hydrogen-bond donors (Lipinski definition) is 2. The van der Waals surface area contributed by atoms with Gasteiger partial charge in [-0.1, -0.05) is 6.92 Å².